The van der Waals surface area contributed by atoms with E-state index in [1.165, 1.54) is 12.8 Å². The summed E-state index contributed by atoms with van der Waals surface area (Å²) in [5, 5.41) is 8.69. The number of fused-ring (bicyclic) bond motifs is 1. The van der Waals surface area contributed by atoms with Crippen LogP contribution in [0.3, 0.4) is 0 Å². The van der Waals surface area contributed by atoms with E-state index < -0.39 is 0 Å². The van der Waals surface area contributed by atoms with Gasteiger partial charge in [0.25, 0.3) is 5.91 Å². The van der Waals surface area contributed by atoms with Crippen LogP contribution < -0.4 is 0 Å². The van der Waals surface area contributed by atoms with Crippen LogP contribution in [0, 0.1) is 6.92 Å². The van der Waals surface area contributed by atoms with Crippen molar-refractivity contribution in [2.75, 3.05) is 6.54 Å². The molecule has 2 aliphatic carbocycles. The molecule has 2 saturated carbocycles. The van der Waals surface area contributed by atoms with Crippen LogP contribution in [0.2, 0.25) is 0 Å². The average molecular weight is 323 g/mol. The smallest absolute Gasteiger partial charge is 0.256 e. The van der Waals surface area contributed by atoms with Gasteiger partial charge in [-0.25, -0.2) is 0 Å². The largest absolute Gasteiger partial charge is 0.329 e. The van der Waals surface area contributed by atoms with Crippen molar-refractivity contribution in [3.05, 3.63) is 40.7 Å². The predicted octanol–water partition coefficient (Wildman–Crippen LogP) is 2.39. The molecule has 124 valence electrons. The van der Waals surface area contributed by atoms with Crippen LogP contribution in [0.5, 0.6) is 0 Å². The zero-order valence-corrected chi connectivity index (χ0v) is 13.9. The lowest BCUT2D eigenvalue weighted by molar-refractivity contribution is 0.0704. The van der Waals surface area contributed by atoms with Gasteiger partial charge in [-0.15, -0.1) is 10.2 Å². The van der Waals surface area contributed by atoms with Crippen LogP contribution in [-0.4, -0.2) is 37.1 Å². The van der Waals surface area contributed by atoms with Crippen LogP contribution in [0.15, 0.2) is 12.1 Å². The molecule has 5 rings (SSSR count). The Hall–Kier alpha value is -2.24. The molecule has 1 amide bonds. The zero-order chi connectivity index (χ0) is 16.3. The summed E-state index contributed by atoms with van der Waals surface area (Å²) < 4.78 is 2.22. The van der Waals surface area contributed by atoms with Crippen LogP contribution in [-0.2, 0) is 13.1 Å². The van der Waals surface area contributed by atoms with Crippen molar-refractivity contribution < 1.29 is 4.79 Å². The number of hydrogen-bond donors (Lipinski definition) is 0. The lowest BCUT2D eigenvalue weighted by Gasteiger charge is -2.28. The predicted molar refractivity (Wildman–Crippen MR) is 87.7 cm³/mol. The second kappa shape index (κ2) is 5.13. The van der Waals surface area contributed by atoms with Crippen LogP contribution in [0.25, 0.3) is 0 Å². The molecule has 0 bridgehead atoms. The summed E-state index contributed by atoms with van der Waals surface area (Å²) in [5.74, 6) is 3.19. The van der Waals surface area contributed by atoms with Gasteiger partial charge in [-0.1, -0.05) is 0 Å². The van der Waals surface area contributed by atoms with Gasteiger partial charge in [-0.2, -0.15) is 0 Å². The van der Waals surface area contributed by atoms with Crippen molar-refractivity contribution >= 4 is 5.91 Å². The number of carbonyl (C=O) groups is 1. The molecular formula is C18H21N5O. The van der Waals surface area contributed by atoms with Gasteiger partial charge in [0.15, 0.2) is 5.82 Å². The topological polar surface area (TPSA) is 63.9 Å². The van der Waals surface area contributed by atoms with E-state index in [4.69, 9.17) is 0 Å². The Balaban J connectivity index is 1.42. The highest BCUT2D eigenvalue weighted by molar-refractivity contribution is 5.95. The SMILES string of the molecule is Cc1ccc(C(=O)N2CCn3c(nnc3C3CC3)C2)c(C2CC2)n1. The summed E-state index contributed by atoms with van der Waals surface area (Å²) in [7, 11) is 0. The average Bonchev–Trinajstić information content (AvgIpc) is 3.51. The van der Waals surface area contributed by atoms with Gasteiger partial charge in [0.05, 0.1) is 17.8 Å². The molecule has 24 heavy (non-hydrogen) atoms. The van der Waals surface area contributed by atoms with Crippen LogP contribution in [0.1, 0.15) is 70.9 Å². The normalized spacial score (nSPS) is 20.1. The summed E-state index contributed by atoms with van der Waals surface area (Å²) in [6.45, 7) is 4.07. The van der Waals surface area contributed by atoms with E-state index in [1.54, 1.807) is 0 Å². The van der Waals surface area contributed by atoms with E-state index in [2.05, 4.69) is 19.7 Å². The highest BCUT2D eigenvalue weighted by Crippen LogP contribution is 2.41. The monoisotopic (exact) mass is 323 g/mol. The molecule has 0 atom stereocenters. The molecule has 0 spiro atoms. The number of pyridine rings is 1. The van der Waals surface area contributed by atoms with E-state index in [-0.39, 0.29) is 5.91 Å². The van der Waals surface area contributed by atoms with Gasteiger partial charge in [0.1, 0.15) is 5.82 Å². The maximum atomic E-state index is 13.1. The lowest BCUT2D eigenvalue weighted by atomic mass is 10.1. The van der Waals surface area contributed by atoms with Gasteiger partial charge >= 0.3 is 0 Å². The standard InChI is InChI=1S/C18H21N5O/c1-11-2-7-14(16(19-11)12-3-4-12)18(24)22-8-9-23-15(10-22)20-21-17(23)13-5-6-13/h2,7,12-13H,3-6,8-10H2,1H3. The number of aromatic nitrogens is 4. The molecule has 0 radical (unpaired) electrons. The van der Waals surface area contributed by atoms with Gasteiger partial charge in [-0.05, 0) is 44.7 Å². The summed E-state index contributed by atoms with van der Waals surface area (Å²) in [6, 6.07) is 3.89. The Morgan fingerprint density at radius 1 is 1.08 bits per heavy atom. The molecule has 0 unspecified atom stereocenters. The van der Waals surface area contributed by atoms with Gasteiger partial charge in [-0.3, -0.25) is 9.78 Å². The maximum Gasteiger partial charge on any atom is 0.256 e. The molecule has 3 aliphatic rings. The third-order valence-electron chi connectivity index (χ3n) is 5.27. The minimum absolute atomic E-state index is 0.0895. The molecular weight excluding hydrogens is 302 g/mol. The summed E-state index contributed by atoms with van der Waals surface area (Å²) in [4.78, 5) is 19.6. The molecule has 1 aliphatic heterocycles. The molecule has 6 heteroatoms. The molecule has 6 nitrogen and oxygen atoms in total. The number of nitrogens with zero attached hydrogens (tertiary/aromatic N) is 5. The number of carbonyl (C=O) groups excluding carboxylic acids is 1. The quantitative estimate of drug-likeness (QED) is 0.870. The van der Waals surface area contributed by atoms with Gasteiger partial charge in [0.2, 0.25) is 0 Å². The highest BCUT2D eigenvalue weighted by atomic mass is 16.2. The Bertz CT molecular complexity index is 819. The molecule has 2 aromatic heterocycles. The minimum Gasteiger partial charge on any atom is -0.329 e. The molecule has 2 fully saturated rings. The molecule has 3 heterocycles. The first-order chi connectivity index (χ1) is 11.7. The van der Waals surface area contributed by atoms with E-state index in [0.717, 1.165) is 54.5 Å². The van der Waals surface area contributed by atoms with Crippen LogP contribution in [0.4, 0.5) is 0 Å². The first-order valence-electron chi connectivity index (χ1n) is 8.89. The molecule has 0 aromatic carbocycles. The van der Waals surface area contributed by atoms with E-state index >= 15 is 0 Å². The molecule has 2 aromatic rings. The van der Waals surface area contributed by atoms with Crippen molar-refractivity contribution in [2.24, 2.45) is 0 Å². The first-order valence-corrected chi connectivity index (χ1v) is 8.89. The third kappa shape index (κ3) is 2.32. The van der Waals surface area contributed by atoms with Crippen molar-refractivity contribution in [3.8, 4) is 0 Å². The Labute approximate surface area is 140 Å². The highest BCUT2D eigenvalue weighted by Gasteiger charge is 2.35. The molecule has 0 N–H and O–H groups in total. The van der Waals surface area contributed by atoms with Crippen molar-refractivity contribution in [2.45, 2.75) is 57.5 Å². The summed E-state index contributed by atoms with van der Waals surface area (Å²) in [5.41, 5.74) is 2.75. The Morgan fingerprint density at radius 2 is 1.88 bits per heavy atom. The fraction of sp³-hybridized carbons (Fsp3) is 0.556. The summed E-state index contributed by atoms with van der Waals surface area (Å²) in [6.07, 6.45) is 4.74. The second-order valence-corrected chi connectivity index (χ2v) is 7.29. The fourth-order valence-corrected chi connectivity index (χ4v) is 3.59. The maximum absolute atomic E-state index is 13.1. The third-order valence-corrected chi connectivity index (χ3v) is 5.27. The summed E-state index contributed by atoms with van der Waals surface area (Å²) >= 11 is 0. The number of rotatable bonds is 3. The second-order valence-electron chi connectivity index (χ2n) is 7.29. The van der Waals surface area contributed by atoms with Gasteiger partial charge < -0.3 is 9.47 Å². The van der Waals surface area contributed by atoms with E-state index in [9.17, 15) is 4.79 Å². The lowest BCUT2D eigenvalue weighted by Crippen LogP contribution is -2.39. The van der Waals surface area contributed by atoms with E-state index in [0.29, 0.717) is 18.4 Å². The zero-order valence-electron chi connectivity index (χ0n) is 13.9. The first kappa shape index (κ1) is 14.1. The van der Waals surface area contributed by atoms with Crippen molar-refractivity contribution in [1.82, 2.24) is 24.6 Å². The molecule has 0 saturated heterocycles. The minimum atomic E-state index is 0.0895. The van der Waals surface area contributed by atoms with E-state index in [1.807, 2.05) is 24.0 Å². The number of aryl methyl sites for hydroxylation is 1. The fourth-order valence-electron chi connectivity index (χ4n) is 3.59. The number of amides is 1. The van der Waals surface area contributed by atoms with Crippen LogP contribution >= 0.6 is 0 Å². The Kier molecular flexibility index (Phi) is 3.02. The van der Waals surface area contributed by atoms with Crippen molar-refractivity contribution in [1.29, 1.82) is 0 Å². The van der Waals surface area contributed by atoms with Crippen molar-refractivity contribution in [3.63, 3.8) is 0 Å². The van der Waals surface area contributed by atoms with Gasteiger partial charge in [0, 0.05) is 30.6 Å². The Morgan fingerprint density at radius 3 is 2.62 bits per heavy atom. The number of hydrogen-bond acceptors (Lipinski definition) is 4.